The van der Waals surface area contributed by atoms with E-state index in [1.165, 1.54) is 10.5 Å². The van der Waals surface area contributed by atoms with Gasteiger partial charge < -0.3 is 15.1 Å². The van der Waals surface area contributed by atoms with Crippen molar-refractivity contribution in [1.82, 2.24) is 15.3 Å². The fraction of sp³-hybridized carbons (Fsp3) is 0.421. The van der Waals surface area contributed by atoms with Gasteiger partial charge in [-0.05, 0) is 25.5 Å². The molecule has 2 N–H and O–H groups in total. The van der Waals surface area contributed by atoms with E-state index in [0.717, 1.165) is 37.7 Å². The van der Waals surface area contributed by atoms with Crippen LogP contribution in [0.4, 0.5) is 5.95 Å². The molecule has 6 nitrogen and oxygen atoms in total. The van der Waals surface area contributed by atoms with Crippen molar-refractivity contribution in [2.45, 2.75) is 26.4 Å². The molecule has 1 amide bonds. The van der Waals surface area contributed by atoms with Gasteiger partial charge in [0.2, 0.25) is 5.95 Å². The van der Waals surface area contributed by atoms with Crippen LogP contribution in [0.2, 0.25) is 0 Å². The van der Waals surface area contributed by atoms with Crippen LogP contribution in [0, 0.1) is 6.92 Å². The zero-order chi connectivity index (χ0) is 17.6. The molecule has 1 fully saturated rings. The Morgan fingerprint density at radius 2 is 1.84 bits per heavy atom. The number of piperazine rings is 1. The Morgan fingerprint density at radius 3 is 2.48 bits per heavy atom. The molecule has 0 unspecified atom stereocenters. The van der Waals surface area contributed by atoms with Crippen LogP contribution >= 0.6 is 0 Å². The fourth-order valence-corrected chi connectivity index (χ4v) is 3.12. The van der Waals surface area contributed by atoms with Crippen LogP contribution in [0.3, 0.4) is 0 Å². The third-order valence-corrected chi connectivity index (χ3v) is 4.83. The minimum absolute atomic E-state index is 0.0516. The predicted octanol–water partition coefficient (Wildman–Crippen LogP) is 0.195. The number of carbonyl (C=O) groups excluding carboxylic acids is 1. The summed E-state index contributed by atoms with van der Waals surface area (Å²) in [5.74, 6) is 0.887. The molecule has 1 aliphatic rings. The third-order valence-electron chi connectivity index (χ3n) is 4.83. The van der Waals surface area contributed by atoms with Gasteiger partial charge in [-0.1, -0.05) is 29.8 Å². The molecular weight excluding hydrogens is 314 g/mol. The maximum absolute atomic E-state index is 12.5. The molecule has 2 aromatic rings. The molecule has 1 saturated heterocycles. The maximum atomic E-state index is 12.5. The van der Waals surface area contributed by atoms with E-state index in [4.69, 9.17) is 0 Å². The molecule has 1 aromatic heterocycles. The fourth-order valence-electron chi connectivity index (χ4n) is 3.12. The molecule has 132 valence electrons. The van der Waals surface area contributed by atoms with Crippen molar-refractivity contribution >= 4 is 11.9 Å². The van der Waals surface area contributed by atoms with Crippen molar-refractivity contribution < 1.29 is 9.69 Å². The highest BCUT2D eigenvalue weighted by atomic mass is 16.2. The van der Waals surface area contributed by atoms with Crippen LogP contribution < -0.4 is 15.1 Å². The lowest BCUT2D eigenvalue weighted by molar-refractivity contribution is -0.914. The Labute approximate surface area is 148 Å². The van der Waals surface area contributed by atoms with Gasteiger partial charge in [0.25, 0.3) is 5.91 Å². The van der Waals surface area contributed by atoms with Crippen molar-refractivity contribution in [1.29, 1.82) is 0 Å². The average molecular weight is 340 g/mol. The van der Waals surface area contributed by atoms with E-state index < -0.39 is 0 Å². The number of anilines is 1. The molecule has 0 bridgehead atoms. The normalized spacial score (nSPS) is 16.5. The second-order valence-corrected chi connectivity index (χ2v) is 6.62. The summed E-state index contributed by atoms with van der Waals surface area (Å²) in [6.07, 6.45) is 3.53. The van der Waals surface area contributed by atoms with E-state index in [0.29, 0.717) is 6.54 Å². The first kappa shape index (κ1) is 17.4. The Kier molecular flexibility index (Phi) is 5.60. The van der Waals surface area contributed by atoms with Crippen molar-refractivity contribution in [2.75, 3.05) is 31.1 Å². The summed E-state index contributed by atoms with van der Waals surface area (Å²) < 4.78 is 0. The summed E-state index contributed by atoms with van der Waals surface area (Å²) in [4.78, 5) is 24.6. The second kappa shape index (κ2) is 8.07. The zero-order valence-electron chi connectivity index (χ0n) is 14.9. The zero-order valence-corrected chi connectivity index (χ0v) is 14.9. The molecule has 0 radical (unpaired) electrons. The third kappa shape index (κ3) is 4.54. The van der Waals surface area contributed by atoms with Gasteiger partial charge in [-0.2, -0.15) is 0 Å². The molecule has 6 heteroatoms. The Bertz CT molecular complexity index is 681. The monoisotopic (exact) mass is 340 g/mol. The molecule has 2 heterocycles. The first-order chi connectivity index (χ1) is 12.1. The van der Waals surface area contributed by atoms with Gasteiger partial charge >= 0.3 is 0 Å². The Morgan fingerprint density at radius 1 is 1.20 bits per heavy atom. The van der Waals surface area contributed by atoms with Gasteiger partial charge in [0.1, 0.15) is 0 Å². The highest BCUT2D eigenvalue weighted by Crippen LogP contribution is 2.05. The second-order valence-electron chi connectivity index (χ2n) is 6.62. The summed E-state index contributed by atoms with van der Waals surface area (Å²) in [7, 11) is 0. The number of quaternary nitrogens is 1. The number of hydrogen-bond donors (Lipinski definition) is 2. The number of nitrogens with zero attached hydrogens (tertiary/aromatic N) is 3. The summed E-state index contributed by atoms with van der Waals surface area (Å²) in [6.45, 7) is 8.22. The number of carbonyl (C=O) groups is 1. The molecule has 0 aliphatic carbocycles. The number of nitrogens with one attached hydrogen (secondary N) is 2. The first-order valence-corrected chi connectivity index (χ1v) is 8.83. The van der Waals surface area contributed by atoms with Crippen molar-refractivity contribution in [3.8, 4) is 0 Å². The molecule has 3 rings (SSSR count). The molecule has 1 aliphatic heterocycles. The van der Waals surface area contributed by atoms with E-state index in [2.05, 4.69) is 51.4 Å². The van der Waals surface area contributed by atoms with Crippen LogP contribution in [0.15, 0.2) is 42.7 Å². The minimum atomic E-state index is -0.0516. The number of hydrogen-bond acceptors (Lipinski definition) is 4. The average Bonchev–Trinajstić information content (AvgIpc) is 2.67. The maximum Gasteiger partial charge on any atom is 0.278 e. The molecule has 0 spiro atoms. The van der Waals surface area contributed by atoms with Crippen LogP contribution in [-0.2, 0) is 11.3 Å². The first-order valence-electron chi connectivity index (χ1n) is 8.83. The Balaban J connectivity index is 1.47. The lowest BCUT2D eigenvalue weighted by atomic mass is 10.1. The summed E-state index contributed by atoms with van der Waals surface area (Å²) in [6, 6.07) is 10.0. The molecule has 0 saturated carbocycles. The van der Waals surface area contributed by atoms with Crippen LogP contribution in [-0.4, -0.2) is 48.1 Å². The Hall–Kier alpha value is -2.47. The number of benzene rings is 1. The lowest BCUT2D eigenvalue weighted by Crippen LogP contribution is -3.19. The van der Waals surface area contributed by atoms with Gasteiger partial charge in [-0.3, -0.25) is 4.79 Å². The minimum Gasteiger partial charge on any atom is -0.347 e. The van der Waals surface area contributed by atoms with Gasteiger partial charge in [-0.25, -0.2) is 9.97 Å². The molecule has 25 heavy (non-hydrogen) atoms. The van der Waals surface area contributed by atoms with Crippen LogP contribution in [0.5, 0.6) is 0 Å². The van der Waals surface area contributed by atoms with Crippen LogP contribution in [0.25, 0.3) is 0 Å². The summed E-state index contributed by atoms with van der Waals surface area (Å²) >= 11 is 0. The van der Waals surface area contributed by atoms with E-state index in [-0.39, 0.29) is 11.9 Å². The number of amides is 1. The van der Waals surface area contributed by atoms with E-state index >= 15 is 0 Å². The highest BCUT2D eigenvalue weighted by molar-refractivity contribution is 5.79. The number of aromatic nitrogens is 2. The van der Waals surface area contributed by atoms with E-state index in [1.54, 1.807) is 12.4 Å². The van der Waals surface area contributed by atoms with Crippen molar-refractivity contribution in [3.05, 3.63) is 53.9 Å². The summed E-state index contributed by atoms with van der Waals surface area (Å²) in [5.41, 5.74) is 2.36. The van der Waals surface area contributed by atoms with Gasteiger partial charge in [0.05, 0.1) is 26.2 Å². The van der Waals surface area contributed by atoms with Crippen molar-refractivity contribution in [3.63, 3.8) is 0 Å². The van der Waals surface area contributed by atoms with Crippen LogP contribution in [0.1, 0.15) is 18.1 Å². The summed E-state index contributed by atoms with van der Waals surface area (Å²) in [5, 5.41) is 3.06. The molecule has 1 aromatic carbocycles. The number of aryl methyl sites for hydroxylation is 1. The topological polar surface area (TPSA) is 62.6 Å². The predicted molar refractivity (Wildman–Crippen MR) is 97.4 cm³/mol. The lowest BCUT2D eigenvalue weighted by Gasteiger charge is -2.34. The molecule has 1 atom stereocenters. The van der Waals surface area contributed by atoms with Crippen molar-refractivity contribution in [2.24, 2.45) is 0 Å². The standard InChI is InChI=1S/C19H25N5O/c1-15-4-6-17(7-5-15)14-22-18(25)16(2)23-10-12-24(13-11-23)19-20-8-3-9-21-19/h3-9,16H,10-14H2,1-2H3,(H,22,25)/p+1/t16-/m1/s1. The SMILES string of the molecule is Cc1ccc(CNC(=O)[C@@H](C)[NH+]2CCN(c3ncccn3)CC2)cc1. The van der Waals surface area contributed by atoms with E-state index in [1.807, 2.05) is 13.0 Å². The molecular formula is C19H26N5O+. The quantitative estimate of drug-likeness (QED) is 0.816. The van der Waals surface area contributed by atoms with Gasteiger partial charge in [0.15, 0.2) is 6.04 Å². The number of rotatable bonds is 5. The van der Waals surface area contributed by atoms with E-state index in [9.17, 15) is 4.79 Å². The van der Waals surface area contributed by atoms with Gasteiger partial charge in [-0.15, -0.1) is 0 Å². The smallest absolute Gasteiger partial charge is 0.278 e. The van der Waals surface area contributed by atoms with Gasteiger partial charge in [0, 0.05) is 18.9 Å². The largest absolute Gasteiger partial charge is 0.347 e. The highest BCUT2D eigenvalue weighted by Gasteiger charge is 2.29.